The van der Waals surface area contributed by atoms with Gasteiger partial charge in [0.15, 0.2) is 11.5 Å². The molecule has 0 spiro atoms. The summed E-state index contributed by atoms with van der Waals surface area (Å²) in [6.07, 6.45) is 1.57. The average Bonchev–Trinajstić information content (AvgIpc) is 2.97. The number of methoxy groups -OCH3 is 1. The Balaban J connectivity index is 1.98. The third-order valence-electron chi connectivity index (χ3n) is 2.89. The number of benzene rings is 1. The summed E-state index contributed by atoms with van der Waals surface area (Å²) in [7, 11) is 1.47. The molecule has 0 saturated heterocycles. The highest BCUT2D eigenvalue weighted by atomic mass is 16.5. The van der Waals surface area contributed by atoms with Gasteiger partial charge >= 0.3 is 0 Å². The first-order chi connectivity index (χ1) is 10.2. The summed E-state index contributed by atoms with van der Waals surface area (Å²) in [5.41, 5.74) is 6.98. The van der Waals surface area contributed by atoms with Crippen molar-refractivity contribution in [3.8, 4) is 34.3 Å². The van der Waals surface area contributed by atoms with Crippen LogP contribution in [0.15, 0.2) is 41.1 Å². The van der Waals surface area contributed by atoms with Gasteiger partial charge in [0.25, 0.3) is 5.89 Å². The second-order valence-corrected chi connectivity index (χ2v) is 4.28. The van der Waals surface area contributed by atoms with E-state index in [0.29, 0.717) is 34.4 Å². The van der Waals surface area contributed by atoms with Gasteiger partial charge in [-0.1, -0.05) is 5.16 Å². The van der Waals surface area contributed by atoms with Crippen LogP contribution < -0.4 is 10.5 Å². The maximum absolute atomic E-state index is 9.59. The number of nitrogen functional groups attached to an aromatic ring is 1. The number of aromatic hydroxyl groups is 1. The minimum atomic E-state index is 0.0480. The first-order valence-corrected chi connectivity index (χ1v) is 6.10. The van der Waals surface area contributed by atoms with Crippen molar-refractivity contribution < 1.29 is 14.4 Å². The number of pyridine rings is 1. The van der Waals surface area contributed by atoms with E-state index in [2.05, 4.69) is 15.1 Å². The standard InChI is InChI=1S/C14H12N4O3/c1-20-11-6-8(2-3-10(11)19)13-17-14(21-18-13)9-4-5-16-12(15)7-9/h2-7,19H,1H3,(H2,15,16). The molecule has 3 aromatic rings. The summed E-state index contributed by atoms with van der Waals surface area (Å²) in [6.45, 7) is 0. The molecule has 3 N–H and O–H groups in total. The molecule has 0 unspecified atom stereocenters. The molecule has 7 heteroatoms. The minimum absolute atomic E-state index is 0.0480. The molecule has 0 radical (unpaired) electrons. The molecule has 0 aliphatic heterocycles. The number of hydrogen-bond donors (Lipinski definition) is 2. The van der Waals surface area contributed by atoms with Gasteiger partial charge in [-0.05, 0) is 30.3 Å². The maximum atomic E-state index is 9.59. The Morgan fingerprint density at radius 3 is 2.81 bits per heavy atom. The molecule has 106 valence electrons. The lowest BCUT2D eigenvalue weighted by atomic mass is 10.2. The monoisotopic (exact) mass is 284 g/mol. The Morgan fingerprint density at radius 1 is 1.19 bits per heavy atom. The highest BCUT2D eigenvalue weighted by Gasteiger charge is 2.13. The zero-order valence-corrected chi connectivity index (χ0v) is 11.1. The van der Waals surface area contributed by atoms with Crippen LogP contribution in [-0.2, 0) is 0 Å². The van der Waals surface area contributed by atoms with E-state index in [1.807, 2.05) is 0 Å². The lowest BCUT2D eigenvalue weighted by molar-refractivity contribution is 0.373. The van der Waals surface area contributed by atoms with Crippen molar-refractivity contribution in [1.29, 1.82) is 0 Å². The summed E-state index contributed by atoms with van der Waals surface area (Å²) >= 11 is 0. The van der Waals surface area contributed by atoms with Crippen LogP contribution in [0.5, 0.6) is 11.5 Å². The molecule has 2 heterocycles. The van der Waals surface area contributed by atoms with Crippen LogP contribution in [0.25, 0.3) is 22.8 Å². The van der Waals surface area contributed by atoms with Gasteiger partial charge in [0.05, 0.1) is 7.11 Å². The molecule has 1 aromatic carbocycles. The lowest BCUT2D eigenvalue weighted by Gasteiger charge is -2.03. The van der Waals surface area contributed by atoms with Gasteiger partial charge in [-0.15, -0.1) is 0 Å². The van der Waals surface area contributed by atoms with E-state index >= 15 is 0 Å². The zero-order valence-electron chi connectivity index (χ0n) is 11.1. The first-order valence-electron chi connectivity index (χ1n) is 6.10. The summed E-state index contributed by atoms with van der Waals surface area (Å²) < 4.78 is 10.3. The van der Waals surface area contributed by atoms with Crippen molar-refractivity contribution in [1.82, 2.24) is 15.1 Å². The van der Waals surface area contributed by atoms with Gasteiger partial charge in [0.2, 0.25) is 5.82 Å². The molecule has 0 amide bonds. The summed E-state index contributed by atoms with van der Waals surface area (Å²) in [4.78, 5) is 8.20. The molecule has 21 heavy (non-hydrogen) atoms. The highest BCUT2D eigenvalue weighted by Crippen LogP contribution is 2.31. The van der Waals surface area contributed by atoms with Gasteiger partial charge in [0.1, 0.15) is 5.82 Å². The van der Waals surface area contributed by atoms with Crippen LogP contribution in [0.2, 0.25) is 0 Å². The maximum Gasteiger partial charge on any atom is 0.258 e. The fourth-order valence-electron chi connectivity index (χ4n) is 1.86. The number of nitrogens with zero attached hydrogens (tertiary/aromatic N) is 3. The summed E-state index contributed by atoms with van der Waals surface area (Å²) in [5.74, 6) is 1.49. The molecule has 0 aliphatic carbocycles. The van der Waals surface area contributed by atoms with E-state index < -0.39 is 0 Å². The van der Waals surface area contributed by atoms with Crippen LogP contribution in [-0.4, -0.2) is 27.3 Å². The third-order valence-corrected chi connectivity index (χ3v) is 2.89. The predicted octanol–water partition coefficient (Wildman–Crippen LogP) is 2.10. The van der Waals surface area contributed by atoms with Crippen LogP contribution in [0.3, 0.4) is 0 Å². The number of phenolic OH excluding ortho intramolecular Hbond substituents is 1. The number of aromatic nitrogens is 3. The average molecular weight is 284 g/mol. The number of rotatable bonds is 3. The Kier molecular flexibility index (Phi) is 3.15. The van der Waals surface area contributed by atoms with E-state index in [1.54, 1.807) is 30.5 Å². The van der Waals surface area contributed by atoms with Gasteiger partial charge in [-0.2, -0.15) is 4.98 Å². The van der Waals surface area contributed by atoms with Crippen LogP contribution in [0.1, 0.15) is 0 Å². The molecule has 0 atom stereocenters. The van der Waals surface area contributed by atoms with E-state index in [-0.39, 0.29) is 5.75 Å². The Labute approximate surface area is 120 Å². The third kappa shape index (κ3) is 2.48. The van der Waals surface area contributed by atoms with Crippen LogP contribution >= 0.6 is 0 Å². The van der Waals surface area contributed by atoms with Crippen LogP contribution in [0.4, 0.5) is 5.82 Å². The zero-order chi connectivity index (χ0) is 14.8. The number of phenols is 1. The number of anilines is 1. The predicted molar refractivity (Wildman–Crippen MR) is 75.6 cm³/mol. The Bertz CT molecular complexity index is 785. The molecular weight excluding hydrogens is 272 g/mol. The van der Waals surface area contributed by atoms with Crippen molar-refractivity contribution in [3.63, 3.8) is 0 Å². The van der Waals surface area contributed by atoms with Crippen molar-refractivity contribution in [2.24, 2.45) is 0 Å². The van der Waals surface area contributed by atoms with E-state index in [4.69, 9.17) is 15.0 Å². The van der Waals surface area contributed by atoms with Crippen molar-refractivity contribution in [2.45, 2.75) is 0 Å². The smallest absolute Gasteiger partial charge is 0.258 e. The van der Waals surface area contributed by atoms with Gasteiger partial charge in [-0.25, -0.2) is 4.98 Å². The second-order valence-electron chi connectivity index (χ2n) is 4.28. The van der Waals surface area contributed by atoms with E-state index in [1.165, 1.54) is 13.2 Å². The Morgan fingerprint density at radius 2 is 2.05 bits per heavy atom. The quantitative estimate of drug-likeness (QED) is 0.758. The lowest BCUT2D eigenvalue weighted by Crippen LogP contribution is -1.89. The second kappa shape index (κ2) is 5.12. The van der Waals surface area contributed by atoms with E-state index in [0.717, 1.165) is 0 Å². The van der Waals surface area contributed by atoms with E-state index in [9.17, 15) is 5.11 Å². The minimum Gasteiger partial charge on any atom is -0.504 e. The topological polar surface area (TPSA) is 107 Å². The molecule has 0 saturated carbocycles. The largest absolute Gasteiger partial charge is 0.504 e. The summed E-state index contributed by atoms with van der Waals surface area (Å²) in [6, 6.07) is 8.19. The normalized spacial score (nSPS) is 10.5. The number of hydrogen-bond acceptors (Lipinski definition) is 7. The summed E-state index contributed by atoms with van der Waals surface area (Å²) in [5, 5.41) is 13.5. The molecular formula is C14H12N4O3. The SMILES string of the molecule is COc1cc(-c2noc(-c3ccnc(N)c3)n2)ccc1O. The van der Waals surface area contributed by atoms with Gasteiger partial charge < -0.3 is 20.1 Å². The van der Waals surface area contributed by atoms with Crippen molar-refractivity contribution >= 4 is 5.82 Å². The molecule has 2 aromatic heterocycles. The number of ether oxygens (including phenoxy) is 1. The highest BCUT2D eigenvalue weighted by molar-refractivity contribution is 5.64. The van der Waals surface area contributed by atoms with Crippen LogP contribution in [0, 0.1) is 0 Å². The number of nitrogens with two attached hydrogens (primary N) is 1. The van der Waals surface area contributed by atoms with Gasteiger partial charge in [-0.3, -0.25) is 0 Å². The van der Waals surface area contributed by atoms with Gasteiger partial charge in [0, 0.05) is 17.3 Å². The molecule has 0 fully saturated rings. The molecule has 7 nitrogen and oxygen atoms in total. The Hall–Kier alpha value is -3.09. The molecule has 3 rings (SSSR count). The molecule has 0 bridgehead atoms. The fraction of sp³-hybridized carbons (Fsp3) is 0.0714. The first kappa shape index (κ1) is 12.9. The fourth-order valence-corrected chi connectivity index (χ4v) is 1.86. The van der Waals surface area contributed by atoms with Crippen molar-refractivity contribution in [2.75, 3.05) is 12.8 Å². The molecule has 0 aliphatic rings. The van der Waals surface area contributed by atoms with Crippen molar-refractivity contribution in [3.05, 3.63) is 36.5 Å².